The molecule has 0 atom stereocenters. The van der Waals surface area contributed by atoms with Crippen LogP contribution in [0.4, 0.5) is 0 Å². The van der Waals surface area contributed by atoms with E-state index in [1.165, 1.54) is 5.56 Å². The molecule has 1 amide bonds. The van der Waals surface area contributed by atoms with E-state index in [9.17, 15) is 4.79 Å². The Morgan fingerprint density at radius 2 is 1.86 bits per heavy atom. The van der Waals surface area contributed by atoms with Crippen molar-refractivity contribution in [2.24, 2.45) is 5.92 Å². The molecule has 1 aliphatic carbocycles. The summed E-state index contributed by atoms with van der Waals surface area (Å²) in [7, 11) is 1.69. The van der Waals surface area contributed by atoms with Crippen molar-refractivity contribution in [2.45, 2.75) is 38.3 Å². The fourth-order valence-corrected chi connectivity index (χ4v) is 2.89. The van der Waals surface area contributed by atoms with Gasteiger partial charge in [0.2, 0.25) is 5.91 Å². The van der Waals surface area contributed by atoms with Gasteiger partial charge in [-0.1, -0.05) is 12.1 Å². The van der Waals surface area contributed by atoms with Crippen molar-refractivity contribution in [3.05, 3.63) is 29.8 Å². The van der Waals surface area contributed by atoms with Crippen molar-refractivity contribution >= 4 is 5.91 Å². The highest BCUT2D eigenvalue weighted by atomic mass is 16.5. The van der Waals surface area contributed by atoms with Crippen molar-refractivity contribution in [3.8, 4) is 5.75 Å². The Morgan fingerprint density at radius 3 is 2.43 bits per heavy atom. The number of piperidine rings is 1. The molecular weight excluding hydrogens is 264 g/mol. The molecule has 2 fully saturated rings. The van der Waals surface area contributed by atoms with Crippen LogP contribution in [0.15, 0.2) is 24.3 Å². The van der Waals surface area contributed by atoms with E-state index in [0.717, 1.165) is 51.1 Å². The van der Waals surface area contributed by atoms with Gasteiger partial charge >= 0.3 is 0 Å². The second-order valence-electron chi connectivity index (χ2n) is 6.18. The summed E-state index contributed by atoms with van der Waals surface area (Å²) < 4.78 is 5.18. The number of carbonyl (C=O) groups excluding carboxylic acids is 1. The van der Waals surface area contributed by atoms with Crippen molar-refractivity contribution in [3.63, 3.8) is 0 Å². The molecule has 4 heteroatoms. The van der Waals surface area contributed by atoms with Crippen LogP contribution in [0.3, 0.4) is 0 Å². The van der Waals surface area contributed by atoms with E-state index < -0.39 is 0 Å². The molecule has 114 valence electrons. The zero-order chi connectivity index (χ0) is 14.7. The second kappa shape index (κ2) is 6.48. The molecule has 21 heavy (non-hydrogen) atoms. The summed E-state index contributed by atoms with van der Waals surface area (Å²) in [6.45, 7) is 3.09. The Balaban J connectivity index is 1.43. The molecule has 0 aromatic heterocycles. The van der Waals surface area contributed by atoms with Gasteiger partial charge in [0.15, 0.2) is 0 Å². The van der Waals surface area contributed by atoms with Crippen LogP contribution in [0.5, 0.6) is 5.75 Å². The lowest BCUT2D eigenvalue weighted by atomic mass is 10.0. The molecule has 0 spiro atoms. The van der Waals surface area contributed by atoms with Crippen LogP contribution in [0.1, 0.15) is 31.2 Å². The molecule has 0 bridgehead atoms. The van der Waals surface area contributed by atoms with Gasteiger partial charge in [-0.2, -0.15) is 0 Å². The third-order valence-corrected chi connectivity index (χ3v) is 4.45. The molecule has 0 unspecified atom stereocenters. The Bertz CT molecular complexity index is 474. The van der Waals surface area contributed by atoms with Crippen molar-refractivity contribution in [1.29, 1.82) is 0 Å². The van der Waals surface area contributed by atoms with E-state index in [1.807, 2.05) is 12.1 Å². The Hall–Kier alpha value is -1.55. The van der Waals surface area contributed by atoms with Gasteiger partial charge in [-0.25, -0.2) is 0 Å². The summed E-state index contributed by atoms with van der Waals surface area (Å²) in [6, 6.07) is 8.65. The number of nitrogens with one attached hydrogen (secondary N) is 1. The number of methoxy groups -OCH3 is 1. The summed E-state index contributed by atoms with van der Waals surface area (Å²) in [5.74, 6) is 1.51. The maximum atomic E-state index is 11.8. The highest BCUT2D eigenvalue weighted by molar-refractivity contribution is 5.81. The summed E-state index contributed by atoms with van der Waals surface area (Å²) >= 11 is 0. The molecule has 1 aromatic carbocycles. The lowest BCUT2D eigenvalue weighted by molar-refractivity contribution is -0.123. The van der Waals surface area contributed by atoms with Crippen LogP contribution >= 0.6 is 0 Å². The number of hydrogen-bond acceptors (Lipinski definition) is 3. The first-order valence-corrected chi connectivity index (χ1v) is 7.90. The molecule has 1 saturated heterocycles. The minimum absolute atomic E-state index is 0.281. The van der Waals surface area contributed by atoms with Gasteiger partial charge in [-0.3, -0.25) is 9.69 Å². The number of likely N-dealkylation sites (tertiary alicyclic amines) is 1. The predicted octanol–water partition coefficient (Wildman–Crippen LogP) is 2.19. The predicted molar refractivity (Wildman–Crippen MR) is 82.2 cm³/mol. The average Bonchev–Trinajstić information content (AvgIpc) is 3.35. The van der Waals surface area contributed by atoms with Crippen LogP contribution in [0.25, 0.3) is 0 Å². The normalized spacial score (nSPS) is 20.2. The third kappa shape index (κ3) is 3.97. The minimum atomic E-state index is 0.281. The molecule has 4 nitrogen and oxygen atoms in total. The van der Waals surface area contributed by atoms with Gasteiger partial charge < -0.3 is 10.1 Å². The van der Waals surface area contributed by atoms with E-state index in [2.05, 4.69) is 22.3 Å². The topological polar surface area (TPSA) is 41.6 Å². The van der Waals surface area contributed by atoms with Crippen LogP contribution in [0, 0.1) is 5.92 Å². The number of rotatable bonds is 5. The van der Waals surface area contributed by atoms with E-state index in [4.69, 9.17) is 4.74 Å². The molecule has 1 N–H and O–H groups in total. The molecule has 1 heterocycles. The zero-order valence-corrected chi connectivity index (χ0v) is 12.7. The largest absolute Gasteiger partial charge is 0.497 e. The Labute approximate surface area is 126 Å². The van der Waals surface area contributed by atoms with Gasteiger partial charge in [0, 0.05) is 31.6 Å². The summed E-state index contributed by atoms with van der Waals surface area (Å²) in [4.78, 5) is 14.2. The first-order chi connectivity index (χ1) is 10.2. The van der Waals surface area contributed by atoms with Crippen LogP contribution in [-0.4, -0.2) is 37.0 Å². The molecule has 0 radical (unpaired) electrons. The SMILES string of the molecule is COc1ccc(CN2CCC(NC(=O)C3CC3)CC2)cc1. The quantitative estimate of drug-likeness (QED) is 0.903. The molecule has 2 aliphatic rings. The van der Waals surface area contributed by atoms with Crippen molar-refractivity contribution in [1.82, 2.24) is 10.2 Å². The molecule has 1 saturated carbocycles. The van der Waals surface area contributed by atoms with Crippen LogP contribution in [-0.2, 0) is 11.3 Å². The molecule has 1 aromatic rings. The van der Waals surface area contributed by atoms with Gasteiger partial charge in [0.05, 0.1) is 7.11 Å². The fourth-order valence-electron chi connectivity index (χ4n) is 2.89. The fraction of sp³-hybridized carbons (Fsp3) is 0.588. The van der Waals surface area contributed by atoms with E-state index in [-0.39, 0.29) is 5.91 Å². The highest BCUT2D eigenvalue weighted by Gasteiger charge is 2.31. The number of ether oxygens (including phenoxy) is 1. The maximum Gasteiger partial charge on any atom is 0.223 e. The minimum Gasteiger partial charge on any atom is -0.497 e. The number of hydrogen-bond donors (Lipinski definition) is 1. The van der Waals surface area contributed by atoms with Crippen molar-refractivity contribution < 1.29 is 9.53 Å². The second-order valence-corrected chi connectivity index (χ2v) is 6.18. The van der Waals surface area contributed by atoms with Gasteiger partial charge in [0.25, 0.3) is 0 Å². The zero-order valence-electron chi connectivity index (χ0n) is 12.7. The van der Waals surface area contributed by atoms with Crippen molar-refractivity contribution in [2.75, 3.05) is 20.2 Å². The number of carbonyl (C=O) groups is 1. The highest BCUT2D eigenvalue weighted by Crippen LogP contribution is 2.29. The van der Waals surface area contributed by atoms with E-state index >= 15 is 0 Å². The Morgan fingerprint density at radius 1 is 1.19 bits per heavy atom. The molecular formula is C17H24N2O2. The molecule has 1 aliphatic heterocycles. The third-order valence-electron chi connectivity index (χ3n) is 4.45. The smallest absolute Gasteiger partial charge is 0.223 e. The van der Waals surface area contributed by atoms with E-state index in [1.54, 1.807) is 7.11 Å². The molecule has 3 rings (SSSR count). The van der Waals surface area contributed by atoms with Gasteiger partial charge in [-0.05, 0) is 43.4 Å². The standard InChI is InChI=1S/C17H24N2O2/c1-21-16-6-2-13(3-7-16)12-19-10-8-15(9-11-19)18-17(20)14-4-5-14/h2-3,6-7,14-15H,4-5,8-12H2,1H3,(H,18,20). The van der Waals surface area contributed by atoms with Gasteiger partial charge in [-0.15, -0.1) is 0 Å². The first-order valence-electron chi connectivity index (χ1n) is 7.90. The summed E-state index contributed by atoms with van der Waals surface area (Å²) in [5, 5.41) is 3.20. The van der Waals surface area contributed by atoms with Crippen LogP contribution < -0.4 is 10.1 Å². The number of amides is 1. The summed E-state index contributed by atoms with van der Waals surface area (Å²) in [6.07, 6.45) is 4.30. The lowest BCUT2D eigenvalue weighted by Gasteiger charge is -2.32. The number of benzene rings is 1. The Kier molecular flexibility index (Phi) is 4.44. The maximum absolute atomic E-state index is 11.8. The number of nitrogens with zero attached hydrogens (tertiary/aromatic N) is 1. The van der Waals surface area contributed by atoms with Crippen LogP contribution in [0.2, 0.25) is 0 Å². The average molecular weight is 288 g/mol. The van der Waals surface area contributed by atoms with E-state index in [0.29, 0.717) is 12.0 Å². The lowest BCUT2D eigenvalue weighted by Crippen LogP contribution is -2.44. The summed E-state index contributed by atoms with van der Waals surface area (Å²) in [5.41, 5.74) is 1.32. The first kappa shape index (κ1) is 14.4. The van der Waals surface area contributed by atoms with Gasteiger partial charge in [0.1, 0.15) is 5.75 Å². The monoisotopic (exact) mass is 288 g/mol.